The van der Waals surface area contributed by atoms with E-state index in [4.69, 9.17) is 0 Å². The maximum Gasteiger partial charge on any atom is 0.166 e. The van der Waals surface area contributed by atoms with Crippen molar-refractivity contribution in [2.24, 2.45) is 0 Å². The molecule has 0 aliphatic heterocycles. The van der Waals surface area contributed by atoms with E-state index >= 15 is 0 Å². The van der Waals surface area contributed by atoms with Crippen molar-refractivity contribution in [1.82, 2.24) is 10.2 Å². The molecule has 1 aromatic heterocycles. The van der Waals surface area contributed by atoms with Gasteiger partial charge in [0.15, 0.2) is 7.85 Å². The van der Waals surface area contributed by atoms with E-state index in [0.717, 1.165) is 5.59 Å². The third kappa shape index (κ3) is 1.15. The predicted molar refractivity (Wildman–Crippen MR) is 40.9 cm³/mol. The fourth-order valence-corrected chi connectivity index (χ4v) is 0.952. The van der Waals surface area contributed by atoms with Crippen LogP contribution in [-0.4, -0.2) is 18.0 Å². The summed E-state index contributed by atoms with van der Waals surface area (Å²) in [7, 11) is 2.02. The monoisotopic (exact) mass is 122 g/mol. The zero-order valence-electron chi connectivity index (χ0n) is 6.10. The van der Waals surface area contributed by atoms with E-state index in [-0.39, 0.29) is 0 Å². The Morgan fingerprint density at radius 3 is 2.56 bits per heavy atom. The summed E-state index contributed by atoms with van der Waals surface area (Å²) in [6, 6.07) is 0. The second kappa shape index (κ2) is 2.25. The van der Waals surface area contributed by atoms with Crippen LogP contribution in [0.1, 0.15) is 25.3 Å². The van der Waals surface area contributed by atoms with Crippen LogP contribution < -0.4 is 5.59 Å². The van der Waals surface area contributed by atoms with Gasteiger partial charge in [-0.15, -0.1) is 0 Å². The third-order valence-electron chi connectivity index (χ3n) is 1.49. The summed E-state index contributed by atoms with van der Waals surface area (Å²) in [4.78, 5) is 0. The van der Waals surface area contributed by atoms with Gasteiger partial charge in [0.2, 0.25) is 0 Å². The first-order chi connectivity index (χ1) is 4.22. The van der Waals surface area contributed by atoms with Gasteiger partial charge in [-0.25, -0.2) is 0 Å². The van der Waals surface area contributed by atoms with E-state index in [2.05, 4.69) is 24.0 Å². The Balaban J connectivity index is 2.94. The van der Waals surface area contributed by atoms with Gasteiger partial charge in [-0.1, -0.05) is 13.8 Å². The molecule has 1 rings (SSSR count). The lowest BCUT2D eigenvalue weighted by atomic mass is 9.93. The molecule has 48 valence electrons. The summed E-state index contributed by atoms with van der Waals surface area (Å²) in [6.07, 6.45) is 1.96. The molecule has 0 aliphatic carbocycles. The third-order valence-corrected chi connectivity index (χ3v) is 1.49. The number of H-pyrrole nitrogens is 1. The number of aromatic amines is 1. The number of hydrogen-bond donors (Lipinski definition) is 1. The van der Waals surface area contributed by atoms with Crippen LogP contribution in [0.4, 0.5) is 0 Å². The molecule has 0 saturated carbocycles. The van der Waals surface area contributed by atoms with Crippen LogP contribution in [0, 0.1) is 0 Å². The average Bonchev–Trinajstić information content (AvgIpc) is 2.13. The fourth-order valence-electron chi connectivity index (χ4n) is 0.952. The Morgan fingerprint density at radius 2 is 2.33 bits per heavy atom. The summed E-state index contributed by atoms with van der Waals surface area (Å²) in [5.41, 5.74) is 2.43. The highest BCUT2D eigenvalue weighted by molar-refractivity contribution is 6.31. The van der Waals surface area contributed by atoms with Gasteiger partial charge in [0.05, 0.1) is 0 Å². The second-order valence-corrected chi connectivity index (χ2v) is 2.58. The van der Waals surface area contributed by atoms with Crippen molar-refractivity contribution in [3.63, 3.8) is 0 Å². The average molecular weight is 122 g/mol. The Morgan fingerprint density at radius 1 is 1.67 bits per heavy atom. The highest BCUT2D eigenvalue weighted by atomic mass is 15.1. The van der Waals surface area contributed by atoms with Gasteiger partial charge in [-0.3, -0.25) is 5.10 Å². The van der Waals surface area contributed by atoms with Gasteiger partial charge in [0.1, 0.15) is 0 Å². The minimum Gasteiger partial charge on any atom is -0.286 e. The first kappa shape index (κ1) is 6.40. The van der Waals surface area contributed by atoms with Gasteiger partial charge in [0, 0.05) is 11.8 Å². The summed E-state index contributed by atoms with van der Waals surface area (Å²) in [6.45, 7) is 4.33. The largest absolute Gasteiger partial charge is 0.286 e. The molecule has 0 aromatic carbocycles. The molecule has 0 radical (unpaired) electrons. The molecular formula is C6H11BN2. The molecule has 0 aliphatic rings. The van der Waals surface area contributed by atoms with Crippen LogP contribution in [0.25, 0.3) is 0 Å². The van der Waals surface area contributed by atoms with Crippen LogP contribution in [-0.2, 0) is 0 Å². The number of nitrogens with zero attached hydrogens (tertiary/aromatic N) is 1. The lowest BCUT2D eigenvalue weighted by molar-refractivity contribution is 0.874. The zero-order chi connectivity index (χ0) is 6.85. The Hall–Kier alpha value is -0.725. The highest BCUT2D eigenvalue weighted by Crippen LogP contribution is 2.07. The van der Waals surface area contributed by atoms with Crippen LogP contribution in [0.3, 0.4) is 0 Å². The molecular weight excluding hydrogens is 111 g/mol. The van der Waals surface area contributed by atoms with E-state index in [1.165, 1.54) is 5.56 Å². The summed E-state index contributed by atoms with van der Waals surface area (Å²) >= 11 is 0. The maximum atomic E-state index is 4.01. The number of hydrogen-bond acceptors (Lipinski definition) is 1. The molecule has 0 atom stereocenters. The first-order valence-electron chi connectivity index (χ1n) is 3.22. The summed E-state index contributed by atoms with van der Waals surface area (Å²) in [5, 5.41) is 6.84. The molecule has 0 fully saturated rings. The zero-order valence-corrected chi connectivity index (χ0v) is 6.10. The predicted octanol–water partition coefficient (Wildman–Crippen LogP) is -0.209. The van der Waals surface area contributed by atoms with E-state index in [0.29, 0.717) is 5.92 Å². The lowest BCUT2D eigenvalue weighted by Crippen LogP contribution is -2.10. The molecule has 2 nitrogen and oxygen atoms in total. The van der Waals surface area contributed by atoms with Gasteiger partial charge in [-0.2, -0.15) is 5.10 Å². The van der Waals surface area contributed by atoms with Crippen molar-refractivity contribution in [2.75, 3.05) is 0 Å². The lowest BCUT2D eigenvalue weighted by Gasteiger charge is -1.99. The Labute approximate surface area is 56.1 Å². The van der Waals surface area contributed by atoms with E-state index in [9.17, 15) is 0 Å². The van der Waals surface area contributed by atoms with Crippen molar-refractivity contribution in [1.29, 1.82) is 0 Å². The van der Waals surface area contributed by atoms with E-state index in [1.807, 2.05) is 14.0 Å². The molecule has 1 heterocycles. The van der Waals surface area contributed by atoms with Gasteiger partial charge < -0.3 is 0 Å². The number of aromatic nitrogens is 2. The SMILES string of the molecule is Bc1n[nH]cc1C(C)C. The van der Waals surface area contributed by atoms with Crippen molar-refractivity contribution in [2.45, 2.75) is 19.8 Å². The normalized spacial score (nSPS) is 10.6. The highest BCUT2D eigenvalue weighted by Gasteiger charge is 2.02. The van der Waals surface area contributed by atoms with Crippen molar-refractivity contribution in [3.05, 3.63) is 11.8 Å². The van der Waals surface area contributed by atoms with Crippen LogP contribution in [0.15, 0.2) is 6.20 Å². The molecule has 3 heteroatoms. The Kier molecular flexibility index (Phi) is 1.60. The molecule has 0 amide bonds. The molecule has 0 spiro atoms. The minimum absolute atomic E-state index is 0.587. The molecule has 0 unspecified atom stereocenters. The standard InChI is InChI=1S/C6H11BN2/c1-4(2)5-3-8-9-6(5)7/h3-4H,7H2,1-2H3,(H,8,9). The molecule has 0 bridgehead atoms. The molecule has 0 saturated heterocycles. The second-order valence-electron chi connectivity index (χ2n) is 2.58. The van der Waals surface area contributed by atoms with Crippen molar-refractivity contribution in [3.8, 4) is 0 Å². The van der Waals surface area contributed by atoms with Crippen LogP contribution in [0.5, 0.6) is 0 Å². The fraction of sp³-hybridized carbons (Fsp3) is 0.500. The smallest absolute Gasteiger partial charge is 0.166 e. The van der Waals surface area contributed by atoms with Crippen molar-refractivity contribution < 1.29 is 0 Å². The molecule has 9 heavy (non-hydrogen) atoms. The van der Waals surface area contributed by atoms with Crippen molar-refractivity contribution >= 4 is 13.4 Å². The molecule has 1 aromatic rings. The minimum atomic E-state index is 0.587. The van der Waals surface area contributed by atoms with E-state index < -0.39 is 0 Å². The number of rotatable bonds is 1. The van der Waals surface area contributed by atoms with Crippen LogP contribution in [0.2, 0.25) is 0 Å². The first-order valence-corrected chi connectivity index (χ1v) is 3.22. The molecule has 1 N–H and O–H groups in total. The van der Waals surface area contributed by atoms with Crippen LogP contribution >= 0.6 is 0 Å². The quantitative estimate of drug-likeness (QED) is 0.513. The topological polar surface area (TPSA) is 28.7 Å². The Bertz CT molecular complexity index is 193. The maximum absolute atomic E-state index is 4.01. The summed E-state index contributed by atoms with van der Waals surface area (Å²) < 4.78 is 0. The number of nitrogens with one attached hydrogen (secondary N) is 1. The summed E-state index contributed by atoms with van der Waals surface area (Å²) in [5.74, 6) is 0.587. The van der Waals surface area contributed by atoms with E-state index in [1.54, 1.807) is 0 Å². The van der Waals surface area contributed by atoms with Gasteiger partial charge in [-0.05, 0) is 11.5 Å². The van der Waals surface area contributed by atoms with Gasteiger partial charge >= 0.3 is 0 Å². The van der Waals surface area contributed by atoms with Gasteiger partial charge in [0.25, 0.3) is 0 Å².